The van der Waals surface area contributed by atoms with E-state index >= 15 is 0 Å². The standard InChI is InChI=1S/C7H5BF3O2/c9-8(10,11)6-3-1-2-5(4-6)7(12)13/h1-4H,(H,12,13)/q-1. The highest BCUT2D eigenvalue weighted by Gasteiger charge is 2.25. The molecule has 0 saturated carbocycles. The number of benzene rings is 1. The lowest BCUT2D eigenvalue weighted by Crippen LogP contribution is -2.34. The van der Waals surface area contributed by atoms with Crippen LogP contribution in [0.1, 0.15) is 10.4 Å². The van der Waals surface area contributed by atoms with Crippen molar-refractivity contribution in [1.29, 1.82) is 0 Å². The molecule has 2 nitrogen and oxygen atoms in total. The van der Waals surface area contributed by atoms with Gasteiger partial charge in [0.25, 0.3) is 0 Å². The maximum Gasteiger partial charge on any atom is 0.509 e. The normalized spacial score (nSPS) is 11.3. The van der Waals surface area contributed by atoms with Crippen LogP contribution in [0.5, 0.6) is 0 Å². The maximum absolute atomic E-state index is 12.1. The van der Waals surface area contributed by atoms with Gasteiger partial charge in [0.2, 0.25) is 0 Å². The highest BCUT2D eigenvalue weighted by atomic mass is 19.4. The van der Waals surface area contributed by atoms with Crippen molar-refractivity contribution in [2.75, 3.05) is 0 Å². The summed E-state index contributed by atoms with van der Waals surface area (Å²) in [5.41, 5.74) is -1.24. The summed E-state index contributed by atoms with van der Waals surface area (Å²) >= 11 is 0. The van der Waals surface area contributed by atoms with Gasteiger partial charge in [-0.2, -0.15) is 0 Å². The molecule has 0 amide bonds. The molecule has 0 aliphatic heterocycles. The number of halogens is 3. The van der Waals surface area contributed by atoms with Crippen molar-refractivity contribution in [3.63, 3.8) is 0 Å². The fourth-order valence-corrected chi connectivity index (χ4v) is 0.875. The number of carboxylic acids is 1. The Morgan fingerprint density at radius 3 is 2.38 bits per heavy atom. The Morgan fingerprint density at radius 2 is 1.92 bits per heavy atom. The zero-order valence-electron chi connectivity index (χ0n) is 6.38. The lowest BCUT2D eigenvalue weighted by atomic mass is 9.79. The predicted molar refractivity (Wildman–Crippen MR) is 42.1 cm³/mol. The molecule has 0 bridgehead atoms. The molecular weight excluding hydrogens is 184 g/mol. The zero-order valence-corrected chi connectivity index (χ0v) is 6.38. The second kappa shape index (κ2) is 3.12. The number of carbonyl (C=O) groups is 1. The SMILES string of the molecule is O=C(O)c1cccc([B-](F)(F)F)c1. The van der Waals surface area contributed by atoms with E-state index in [9.17, 15) is 17.7 Å². The molecule has 1 rings (SSSR count). The van der Waals surface area contributed by atoms with Crippen LogP contribution < -0.4 is 5.46 Å². The first-order valence-corrected chi connectivity index (χ1v) is 3.44. The third-order valence-corrected chi connectivity index (χ3v) is 1.51. The number of aromatic carboxylic acids is 1. The summed E-state index contributed by atoms with van der Waals surface area (Å²) in [6.45, 7) is -5.12. The monoisotopic (exact) mass is 189 g/mol. The van der Waals surface area contributed by atoms with E-state index in [0.29, 0.717) is 6.07 Å². The molecule has 0 spiro atoms. The van der Waals surface area contributed by atoms with Crippen molar-refractivity contribution in [2.24, 2.45) is 0 Å². The first-order chi connectivity index (χ1) is 5.91. The van der Waals surface area contributed by atoms with Crippen molar-refractivity contribution in [2.45, 2.75) is 0 Å². The first-order valence-electron chi connectivity index (χ1n) is 3.44. The number of hydrogen-bond donors (Lipinski definition) is 1. The van der Waals surface area contributed by atoms with Crippen LogP contribution in [0.25, 0.3) is 0 Å². The van der Waals surface area contributed by atoms with Crippen LogP contribution in [0.3, 0.4) is 0 Å². The second-order valence-corrected chi connectivity index (χ2v) is 2.51. The summed E-state index contributed by atoms with van der Waals surface area (Å²) in [6, 6.07) is 3.68. The molecule has 0 radical (unpaired) electrons. The fraction of sp³-hybridized carbons (Fsp3) is 0. The van der Waals surface area contributed by atoms with Crippen LogP contribution in [0.2, 0.25) is 0 Å². The van der Waals surface area contributed by atoms with Crippen LogP contribution in [0.15, 0.2) is 24.3 Å². The molecule has 0 atom stereocenters. The molecule has 1 aromatic rings. The van der Waals surface area contributed by atoms with E-state index in [2.05, 4.69) is 0 Å². The van der Waals surface area contributed by atoms with E-state index in [1.165, 1.54) is 0 Å². The molecular formula is C7H5BF3O2-. The smallest absolute Gasteiger partial charge is 0.478 e. The van der Waals surface area contributed by atoms with Gasteiger partial charge in [-0.3, -0.25) is 0 Å². The zero-order chi connectivity index (χ0) is 10.1. The molecule has 1 aromatic carbocycles. The summed E-state index contributed by atoms with van der Waals surface area (Å²) in [7, 11) is 0. The summed E-state index contributed by atoms with van der Waals surface area (Å²) in [5, 5.41) is 8.41. The number of hydrogen-bond acceptors (Lipinski definition) is 1. The van der Waals surface area contributed by atoms with Gasteiger partial charge in [0, 0.05) is 0 Å². The highest BCUT2D eigenvalue weighted by Crippen LogP contribution is 2.09. The van der Waals surface area contributed by atoms with Gasteiger partial charge in [-0.15, -0.1) is 5.46 Å². The molecule has 13 heavy (non-hydrogen) atoms. The Hall–Kier alpha value is -1.46. The maximum atomic E-state index is 12.1. The molecule has 0 aromatic heterocycles. The Morgan fingerprint density at radius 1 is 1.31 bits per heavy atom. The van der Waals surface area contributed by atoms with Gasteiger partial charge in [0.05, 0.1) is 5.56 Å². The topological polar surface area (TPSA) is 37.3 Å². The van der Waals surface area contributed by atoms with Crippen molar-refractivity contribution >= 4 is 18.4 Å². The van der Waals surface area contributed by atoms with Gasteiger partial charge in [-0.25, -0.2) is 4.79 Å². The largest absolute Gasteiger partial charge is 0.509 e. The minimum atomic E-state index is -5.12. The molecule has 0 aliphatic carbocycles. The predicted octanol–water partition coefficient (Wildman–Crippen LogP) is 1.44. The Bertz CT molecular complexity index is 335. The van der Waals surface area contributed by atoms with Gasteiger partial charge in [-0.1, -0.05) is 18.2 Å². The van der Waals surface area contributed by atoms with Gasteiger partial charge >= 0.3 is 12.9 Å². The second-order valence-electron chi connectivity index (χ2n) is 2.51. The minimum absolute atomic E-state index is 0.350. The van der Waals surface area contributed by atoms with E-state index in [1.807, 2.05) is 0 Å². The summed E-state index contributed by atoms with van der Waals surface area (Å²) in [4.78, 5) is 10.3. The summed E-state index contributed by atoms with van der Waals surface area (Å²) in [5.74, 6) is -1.36. The summed E-state index contributed by atoms with van der Waals surface area (Å²) in [6.07, 6.45) is 0. The van der Waals surface area contributed by atoms with Crippen LogP contribution in [-0.4, -0.2) is 18.1 Å². The molecule has 70 valence electrons. The van der Waals surface area contributed by atoms with Gasteiger partial charge in [-0.05, 0) is 6.07 Å². The molecule has 1 N–H and O–H groups in total. The van der Waals surface area contributed by atoms with Crippen molar-refractivity contribution in [3.8, 4) is 0 Å². The van der Waals surface area contributed by atoms with Crippen molar-refractivity contribution in [1.82, 2.24) is 0 Å². The van der Waals surface area contributed by atoms with Gasteiger partial charge < -0.3 is 18.1 Å². The van der Waals surface area contributed by atoms with E-state index in [-0.39, 0.29) is 5.56 Å². The lowest BCUT2D eigenvalue weighted by molar-refractivity contribution is 0.0697. The first kappa shape index (κ1) is 9.63. The van der Waals surface area contributed by atoms with Crippen LogP contribution in [-0.2, 0) is 0 Å². The summed E-state index contributed by atoms with van der Waals surface area (Å²) < 4.78 is 36.3. The van der Waals surface area contributed by atoms with Crippen LogP contribution in [0.4, 0.5) is 12.9 Å². The average Bonchev–Trinajstić information content (AvgIpc) is 2.03. The van der Waals surface area contributed by atoms with Crippen LogP contribution >= 0.6 is 0 Å². The minimum Gasteiger partial charge on any atom is -0.478 e. The third kappa shape index (κ3) is 2.24. The molecule has 0 saturated heterocycles. The number of carboxylic acid groups (broad SMARTS) is 1. The third-order valence-electron chi connectivity index (χ3n) is 1.51. The van der Waals surface area contributed by atoms with Gasteiger partial charge in [0.15, 0.2) is 0 Å². The van der Waals surface area contributed by atoms with E-state index < -0.39 is 18.4 Å². The average molecular weight is 189 g/mol. The molecule has 0 heterocycles. The van der Waals surface area contributed by atoms with E-state index in [1.54, 1.807) is 0 Å². The molecule has 0 fully saturated rings. The van der Waals surface area contributed by atoms with E-state index in [0.717, 1.165) is 18.2 Å². The highest BCUT2D eigenvalue weighted by molar-refractivity contribution is 6.73. The number of rotatable bonds is 2. The van der Waals surface area contributed by atoms with Crippen LogP contribution in [0, 0.1) is 0 Å². The fourth-order valence-electron chi connectivity index (χ4n) is 0.875. The lowest BCUT2D eigenvalue weighted by Gasteiger charge is -2.14. The van der Waals surface area contributed by atoms with Crippen molar-refractivity contribution < 1.29 is 22.8 Å². The Kier molecular flexibility index (Phi) is 2.31. The van der Waals surface area contributed by atoms with Gasteiger partial charge in [0.1, 0.15) is 0 Å². The van der Waals surface area contributed by atoms with E-state index in [4.69, 9.17) is 5.11 Å². The quantitative estimate of drug-likeness (QED) is 0.714. The van der Waals surface area contributed by atoms with Crippen molar-refractivity contribution in [3.05, 3.63) is 29.8 Å². The molecule has 0 unspecified atom stereocenters. The Balaban J connectivity index is 3.13. The molecule has 0 aliphatic rings. The Labute approximate surface area is 72.1 Å². The molecule has 6 heteroatoms.